The number of carbonyl (C=O) groups excluding carboxylic acids is 2. The summed E-state index contributed by atoms with van der Waals surface area (Å²) in [5.41, 5.74) is 4.29. The van der Waals surface area contributed by atoms with E-state index >= 15 is 0 Å². The van der Waals surface area contributed by atoms with Crippen LogP contribution in [0.3, 0.4) is 0 Å². The van der Waals surface area contributed by atoms with Crippen LogP contribution in [-0.4, -0.2) is 47.4 Å². The molecule has 3 aromatic rings. The number of amides is 1. The van der Waals surface area contributed by atoms with Crippen molar-refractivity contribution in [3.8, 4) is 0 Å². The van der Waals surface area contributed by atoms with Crippen molar-refractivity contribution in [2.24, 2.45) is 0 Å². The molecule has 2 aliphatic heterocycles. The monoisotopic (exact) mass is 556 g/mol. The third-order valence-electron chi connectivity index (χ3n) is 7.97. The Bertz CT molecular complexity index is 1320. The van der Waals surface area contributed by atoms with Gasteiger partial charge in [-0.2, -0.15) is 0 Å². The van der Waals surface area contributed by atoms with Gasteiger partial charge in [-0.25, -0.2) is 0 Å². The minimum Gasteiger partial charge on any atom is -0.392 e. The van der Waals surface area contributed by atoms with E-state index in [2.05, 4.69) is 10.2 Å². The van der Waals surface area contributed by atoms with Crippen LogP contribution in [0.4, 0.5) is 5.69 Å². The van der Waals surface area contributed by atoms with E-state index in [0.717, 1.165) is 42.7 Å². The van der Waals surface area contributed by atoms with Crippen LogP contribution < -0.4 is 5.32 Å². The molecule has 216 valence electrons. The van der Waals surface area contributed by atoms with Gasteiger partial charge in [0, 0.05) is 35.3 Å². The third-order valence-corrected chi connectivity index (χ3v) is 7.97. The molecule has 3 unspecified atom stereocenters. The summed E-state index contributed by atoms with van der Waals surface area (Å²) in [6.45, 7) is 4.52. The second-order valence-corrected chi connectivity index (χ2v) is 11.1. The Kier molecular flexibility index (Phi) is 9.96. The van der Waals surface area contributed by atoms with Crippen molar-refractivity contribution in [2.75, 3.05) is 25.0 Å². The van der Waals surface area contributed by atoms with Crippen molar-refractivity contribution in [3.05, 3.63) is 101 Å². The molecule has 1 amide bonds. The highest BCUT2D eigenvalue weighted by molar-refractivity contribution is 6.05. The largest absolute Gasteiger partial charge is 0.392 e. The summed E-state index contributed by atoms with van der Waals surface area (Å²) in [4.78, 5) is 27.4. The van der Waals surface area contributed by atoms with E-state index in [1.54, 1.807) is 30.3 Å². The fourth-order valence-electron chi connectivity index (χ4n) is 5.66. The molecule has 0 radical (unpaired) electrons. The van der Waals surface area contributed by atoms with Crippen LogP contribution in [0.15, 0.2) is 72.8 Å². The van der Waals surface area contributed by atoms with Gasteiger partial charge in [0.05, 0.1) is 18.8 Å². The van der Waals surface area contributed by atoms with Gasteiger partial charge in [-0.05, 0) is 68.2 Å². The number of benzene rings is 3. The molecule has 0 aromatic heterocycles. The smallest absolute Gasteiger partial charge is 0.255 e. The number of Topliss-reactive ketones (excluding diaryl/α,β-unsaturated/α-hetero) is 1. The molecule has 3 aromatic carbocycles. The molecule has 7 nitrogen and oxygen atoms in total. The fraction of sp³-hybridized carbons (Fsp3) is 0.412. The number of aliphatic hydroxyl groups is 1. The number of hydrogen-bond acceptors (Lipinski definition) is 6. The molecular formula is C34H40N2O5. The zero-order valence-electron chi connectivity index (χ0n) is 23.8. The van der Waals surface area contributed by atoms with Gasteiger partial charge in [0.1, 0.15) is 0 Å². The number of aliphatic hydroxyl groups excluding tert-OH is 1. The van der Waals surface area contributed by atoms with Gasteiger partial charge >= 0.3 is 0 Å². The Balaban J connectivity index is 1.35. The predicted octanol–water partition coefficient (Wildman–Crippen LogP) is 6.45. The number of nitrogens with one attached hydrogen (secondary N) is 1. The molecule has 2 fully saturated rings. The lowest BCUT2D eigenvalue weighted by molar-refractivity contribution is -0.253. The molecule has 7 heteroatoms. The second-order valence-electron chi connectivity index (χ2n) is 11.1. The molecule has 3 atom stereocenters. The van der Waals surface area contributed by atoms with Crippen molar-refractivity contribution in [3.63, 3.8) is 0 Å². The molecule has 2 N–H and O–H groups in total. The molecule has 0 aliphatic carbocycles. The van der Waals surface area contributed by atoms with Gasteiger partial charge in [0.15, 0.2) is 12.1 Å². The summed E-state index contributed by atoms with van der Waals surface area (Å²) < 4.78 is 13.1. The van der Waals surface area contributed by atoms with Crippen LogP contribution in [-0.2, 0) is 16.1 Å². The summed E-state index contributed by atoms with van der Waals surface area (Å²) in [6.07, 6.45) is 6.22. The lowest BCUT2D eigenvalue weighted by Gasteiger charge is -2.39. The molecule has 5 rings (SSSR count). The molecule has 0 spiro atoms. The molecule has 41 heavy (non-hydrogen) atoms. The van der Waals surface area contributed by atoms with Crippen molar-refractivity contribution >= 4 is 17.4 Å². The third kappa shape index (κ3) is 7.89. The number of rotatable bonds is 8. The first-order valence-electron chi connectivity index (χ1n) is 14.7. The maximum absolute atomic E-state index is 13.2. The first-order chi connectivity index (χ1) is 20.0. The van der Waals surface area contributed by atoms with Crippen LogP contribution in [0.1, 0.15) is 95.2 Å². The van der Waals surface area contributed by atoms with E-state index < -0.39 is 6.29 Å². The standard InChI is InChI=1S/C34H40N2O5/c1-24(38)27-9-8-12-30(20-27)35-33(39)28-10-7-11-29(19-28)34-40-31(22-36-17-5-3-2-4-6-18-36)21-32(41-34)26-15-13-25(23-37)14-16-26/h7-16,19-20,31-32,34,37H,2-6,17-18,21-23H2,1H3,(H,35,39). The predicted molar refractivity (Wildman–Crippen MR) is 159 cm³/mol. The molecule has 2 saturated heterocycles. The van der Waals surface area contributed by atoms with E-state index in [1.165, 1.54) is 39.0 Å². The second kappa shape index (κ2) is 14.0. The highest BCUT2D eigenvalue weighted by Crippen LogP contribution is 2.38. The van der Waals surface area contributed by atoms with E-state index in [9.17, 15) is 14.7 Å². The number of ketones is 1. The van der Waals surface area contributed by atoms with E-state index in [-0.39, 0.29) is 30.5 Å². The molecule has 0 saturated carbocycles. The van der Waals surface area contributed by atoms with Gasteiger partial charge in [-0.3, -0.25) is 9.59 Å². The number of anilines is 1. The summed E-state index contributed by atoms with van der Waals surface area (Å²) in [5.74, 6) is -0.322. The van der Waals surface area contributed by atoms with Gasteiger partial charge < -0.3 is 24.8 Å². The number of hydrogen-bond donors (Lipinski definition) is 2. The Morgan fingerprint density at radius 2 is 1.56 bits per heavy atom. The van der Waals surface area contributed by atoms with Gasteiger partial charge in [0.2, 0.25) is 0 Å². The van der Waals surface area contributed by atoms with Crippen molar-refractivity contribution in [1.82, 2.24) is 4.90 Å². The first kappa shape index (κ1) is 29.1. The number of ether oxygens (including phenoxy) is 2. The normalized spacial score (nSPS) is 22.0. The summed E-state index contributed by atoms with van der Waals surface area (Å²) in [6, 6.07) is 22.2. The average molecular weight is 557 g/mol. The maximum atomic E-state index is 13.2. The SMILES string of the molecule is CC(=O)c1cccc(NC(=O)c2cccc(C3OC(CN4CCCCCCC4)CC(c4ccc(CO)cc4)O3)c2)c1. The van der Waals surface area contributed by atoms with E-state index in [1.807, 2.05) is 42.5 Å². The van der Waals surface area contributed by atoms with Crippen LogP contribution in [0.25, 0.3) is 0 Å². The zero-order chi connectivity index (χ0) is 28.6. The number of carbonyl (C=O) groups is 2. The quantitative estimate of drug-likeness (QED) is 0.310. The van der Waals surface area contributed by atoms with Crippen molar-refractivity contribution < 1.29 is 24.2 Å². The van der Waals surface area contributed by atoms with Crippen molar-refractivity contribution in [1.29, 1.82) is 0 Å². The summed E-state index contributed by atoms with van der Waals surface area (Å²) >= 11 is 0. The van der Waals surface area contributed by atoms with Crippen LogP contribution in [0.5, 0.6) is 0 Å². The zero-order valence-corrected chi connectivity index (χ0v) is 23.8. The van der Waals surface area contributed by atoms with Gasteiger partial charge in [-0.15, -0.1) is 0 Å². The number of likely N-dealkylation sites (tertiary alicyclic amines) is 1. The van der Waals surface area contributed by atoms with Gasteiger partial charge in [-0.1, -0.05) is 67.8 Å². The number of nitrogens with zero attached hydrogens (tertiary/aromatic N) is 1. The molecule has 0 bridgehead atoms. The van der Waals surface area contributed by atoms with Crippen LogP contribution >= 0.6 is 0 Å². The molecular weight excluding hydrogens is 516 g/mol. The van der Waals surface area contributed by atoms with Crippen LogP contribution in [0, 0.1) is 0 Å². The van der Waals surface area contributed by atoms with Gasteiger partial charge in [0.25, 0.3) is 5.91 Å². The van der Waals surface area contributed by atoms with Crippen LogP contribution in [0.2, 0.25) is 0 Å². The lowest BCUT2D eigenvalue weighted by Crippen LogP contribution is -2.40. The Hall–Kier alpha value is -3.36. The lowest BCUT2D eigenvalue weighted by atomic mass is 9.99. The summed E-state index contributed by atoms with van der Waals surface area (Å²) in [5, 5.41) is 12.4. The molecule has 2 aliphatic rings. The Morgan fingerprint density at radius 3 is 2.29 bits per heavy atom. The fourth-order valence-corrected chi connectivity index (χ4v) is 5.66. The maximum Gasteiger partial charge on any atom is 0.255 e. The molecule has 2 heterocycles. The Labute approximate surface area is 242 Å². The van der Waals surface area contributed by atoms with E-state index in [4.69, 9.17) is 9.47 Å². The van der Waals surface area contributed by atoms with E-state index in [0.29, 0.717) is 16.8 Å². The minimum atomic E-state index is -0.625. The Morgan fingerprint density at radius 1 is 0.854 bits per heavy atom. The van der Waals surface area contributed by atoms with Crippen molar-refractivity contribution in [2.45, 2.75) is 70.6 Å². The summed E-state index contributed by atoms with van der Waals surface area (Å²) in [7, 11) is 0. The topological polar surface area (TPSA) is 88.1 Å². The first-order valence-corrected chi connectivity index (χ1v) is 14.7. The average Bonchev–Trinajstić information content (AvgIpc) is 2.98. The highest BCUT2D eigenvalue weighted by Gasteiger charge is 2.33. The minimum absolute atomic E-state index is 0.00300. The highest BCUT2D eigenvalue weighted by atomic mass is 16.7.